The Morgan fingerprint density at radius 1 is 1.09 bits per heavy atom. The number of anilines is 1. The molecule has 35 heavy (non-hydrogen) atoms. The van der Waals surface area contributed by atoms with Crippen LogP contribution in [0.1, 0.15) is 77.8 Å². The molecule has 192 valence electrons. The van der Waals surface area contributed by atoms with Crippen LogP contribution in [0.25, 0.3) is 0 Å². The number of nitrogens with zero attached hydrogens (tertiary/aromatic N) is 3. The average molecular weight is 503 g/mol. The number of benzene rings is 1. The van der Waals surface area contributed by atoms with Gasteiger partial charge in [-0.15, -0.1) is 5.10 Å². The lowest BCUT2D eigenvalue weighted by molar-refractivity contribution is -0.139. The molecule has 0 bridgehead atoms. The number of hydrogen-bond donors (Lipinski definition) is 1. The number of hydrogen-bond acceptors (Lipinski definition) is 8. The third-order valence-corrected chi connectivity index (χ3v) is 6.73. The number of allylic oxidation sites excluding steroid dienone is 1. The van der Waals surface area contributed by atoms with Crippen LogP contribution in [-0.4, -0.2) is 46.8 Å². The molecule has 0 saturated heterocycles. The maximum absolute atomic E-state index is 13.1. The van der Waals surface area contributed by atoms with Gasteiger partial charge in [0, 0.05) is 11.4 Å². The zero-order valence-electron chi connectivity index (χ0n) is 21.6. The molecule has 1 N–H and O–H groups in total. The second-order valence-electron chi connectivity index (χ2n) is 8.53. The van der Waals surface area contributed by atoms with E-state index in [0.717, 1.165) is 37.0 Å². The van der Waals surface area contributed by atoms with Gasteiger partial charge in [0.25, 0.3) is 0 Å². The Kier molecular flexibility index (Phi) is 10.3. The molecule has 0 fully saturated rings. The number of unbranched alkanes of at least 4 members (excludes halogenated alkanes) is 3. The van der Waals surface area contributed by atoms with Crippen molar-refractivity contribution in [2.75, 3.05) is 31.4 Å². The van der Waals surface area contributed by atoms with Crippen LogP contribution >= 0.6 is 11.8 Å². The summed E-state index contributed by atoms with van der Waals surface area (Å²) >= 11 is 1.60. The highest BCUT2D eigenvalue weighted by Gasteiger charge is 2.35. The first-order valence-corrected chi connectivity index (χ1v) is 13.6. The summed E-state index contributed by atoms with van der Waals surface area (Å²) in [5.41, 5.74) is 2.07. The zero-order valence-corrected chi connectivity index (χ0v) is 22.4. The van der Waals surface area contributed by atoms with Gasteiger partial charge in [0.2, 0.25) is 11.1 Å². The lowest BCUT2D eigenvalue weighted by atomic mass is 9.95. The Bertz CT molecular complexity index is 1020. The van der Waals surface area contributed by atoms with Crippen molar-refractivity contribution in [1.82, 2.24) is 14.8 Å². The smallest absolute Gasteiger partial charge is 0.338 e. The zero-order chi connectivity index (χ0) is 25.2. The Hall–Kier alpha value is -2.68. The molecule has 1 aliphatic rings. The van der Waals surface area contributed by atoms with Crippen molar-refractivity contribution in [1.29, 1.82) is 0 Å². The van der Waals surface area contributed by atoms with Crippen LogP contribution in [-0.2, 0) is 9.53 Å². The number of rotatable bonds is 14. The van der Waals surface area contributed by atoms with E-state index in [-0.39, 0.29) is 5.97 Å². The quantitative estimate of drug-likeness (QED) is 0.191. The first-order valence-electron chi connectivity index (χ1n) is 12.6. The largest absolute Gasteiger partial charge is 0.493 e. The van der Waals surface area contributed by atoms with Crippen LogP contribution in [0, 0.1) is 0 Å². The molecule has 1 aliphatic heterocycles. The molecule has 3 rings (SSSR count). The van der Waals surface area contributed by atoms with Gasteiger partial charge in [0.1, 0.15) is 6.04 Å². The molecule has 1 aromatic carbocycles. The van der Waals surface area contributed by atoms with E-state index in [1.54, 1.807) is 23.6 Å². The van der Waals surface area contributed by atoms with Gasteiger partial charge >= 0.3 is 5.97 Å². The lowest BCUT2D eigenvalue weighted by Gasteiger charge is -2.28. The van der Waals surface area contributed by atoms with Gasteiger partial charge < -0.3 is 19.5 Å². The minimum absolute atomic E-state index is 0.359. The van der Waals surface area contributed by atoms with Crippen LogP contribution in [0.3, 0.4) is 0 Å². The molecule has 0 saturated carbocycles. The molecule has 1 aromatic heterocycles. The van der Waals surface area contributed by atoms with E-state index in [1.807, 2.05) is 32.0 Å². The van der Waals surface area contributed by atoms with Gasteiger partial charge in [-0.05, 0) is 43.9 Å². The van der Waals surface area contributed by atoms with Crippen molar-refractivity contribution in [3.8, 4) is 11.5 Å². The first kappa shape index (κ1) is 26.9. The average Bonchev–Trinajstić information content (AvgIpc) is 3.27. The Morgan fingerprint density at radius 3 is 2.63 bits per heavy atom. The van der Waals surface area contributed by atoms with Crippen LogP contribution in [0.15, 0.2) is 34.6 Å². The normalized spacial score (nSPS) is 14.9. The molecule has 1 atom stereocenters. The highest BCUT2D eigenvalue weighted by Crippen LogP contribution is 2.40. The fourth-order valence-electron chi connectivity index (χ4n) is 3.92. The number of carbonyl (C=O) groups excluding carboxylic acids is 1. The molecular weight excluding hydrogens is 464 g/mol. The van der Waals surface area contributed by atoms with E-state index in [4.69, 9.17) is 19.3 Å². The second-order valence-corrected chi connectivity index (χ2v) is 9.59. The number of aromatic nitrogens is 3. The second kappa shape index (κ2) is 13.4. The third kappa shape index (κ3) is 6.72. The highest BCUT2D eigenvalue weighted by atomic mass is 32.2. The van der Waals surface area contributed by atoms with Crippen molar-refractivity contribution in [2.45, 2.75) is 77.4 Å². The number of carbonyl (C=O) groups is 1. The summed E-state index contributed by atoms with van der Waals surface area (Å²) in [4.78, 5) is 17.8. The van der Waals surface area contributed by atoms with E-state index in [9.17, 15) is 4.79 Å². The number of methoxy groups -OCH3 is 1. The van der Waals surface area contributed by atoms with Crippen molar-refractivity contribution in [2.24, 2.45) is 0 Å². The number of nitrogens with one attached hydrogen (secondary N) is 1. The van der Waals surface area contributed by atoms with Crippen LogP contribution < -0.4 is 14.8 Å². The predicted octanol–water partition coefficient (Wildman–Crippen LogP) is 5.99. The van der Waals surface area contributed by atoms with E-state index < -0.39 is 6.04 Å². The highest BCUT2D eigenvalue weighted by molar-refractivity contribution is 7.99. The fraction of sp³-hybridized carbons (Fsp3) is 0.577. The Morgan fingerprint density at radius 2 is 1.91 bits per heavy atom. The molecule has 9 heteroatoms. The van der Waals surface area contributed by atoms with Gasteiger partial charge in [-0.25, -0.2) is 9.48 Å². The van der Waals surface area contributed by atoms with E-state index in [0.29, 0.717) is 47.1 Å². The Balaban J connectivity index is 1.96. The summed E-state index contributed by atoms with van der Waals surface area (Å²) in [6.45, 7) is 9.16. The van der Waals surface area contributed by atoms with Crippen molar-refractivity contribution in [3.63, 3.8) is 0 Å². The minimum atomic E-state index is -0.494. The van der Waals surface area contributed by atoms with E-state index in [1.165, 1.54) is 12.8 Å². The van der Waals surface area contributed by atoms with Gasteiger partial charge in [-0.3, -0.25) is 0 Å². The molecule has 0 radical (unpaired) electrons. The third-order valence-electron chi connectivity index (χ3n) is 5.68. The maximum Gasteiger partial charge on any atom is 0.338 e. The van der Waals surface area contributed by atoms with E-state index in [2.05, 4.69) is 24.1 Å². The van der Waals surface area contributed by atoms with Crippen molar-refractivity contribution in [3.05, 3.63) is 35.0 Å². The summed E-state index contributed by atoms with van der Waals surface area (Å²) in [5.74, 6) is 2.48. The SMILES string of the molecule is CCCCCCOc1ccc(C2C(C(=O)OCCC)=C(C)Nc3nc(SCCC)nn32)cc1OC. The molecule has 8 nitrogen and oxygen atoms in total. The molecule has 0 amide bonds. The fourth-order valence-corrected chi connectivity index (χ4v) is 4.60. The number of esters is 1. The first-order chi connectivity index (χ1) is 17.0. The summed E-state index contributed by atoms with van der Waals surface area (Å²) < 4.78 is 19.0. The monoisotopic (exact) mass is 502 g/mol. The number of ether oxygens (including phenoxy) is 3. The van der Waals surface area contributed by atoms with Gasteiger partial charge in [-0.1, -0.05) is 57.9 Å². The van der Waals surface area contributed by atoms with Gasteiger partial charge in [0.05, 0.1) is 25.9 Å². The lowest BCUT2D eigenvalue weighted by Crippen LogP contribution is -2.29. The van der Waals surface area contributed by atoms with Crippen LogP contribution in [0.5, 0.6) is 11.5 Å². The molecular formula is C26H38N4O4S. The summed E-state index contributed by atoms with van der Waals surface area (Å²) in [7, 11) is 1.63. The van der Waals surface area contributed by atoms with Crippen molar-refractivity contribution < 1.29 is 19.0 Å². The number of fused-ring (bicyclic) bond motifs is 1. The van der Waals surface area contributed by atoms with Crippen LogP contribution in [0.2, 0.25) is 0 Å². The summed E-state index contributed by atoms with van der Waals surface area (Å²) in [6.07, 6.45) is 6.31. The maximum atomic E-state index is 13.1. The minimum Gasteiger partial charge on any atom is -0.493 e. The van der Waals surface area contributed by atoms with Crippen molar-refractivity contribution >= 4 is 23.7 Å². The van der Waals surface area contributed by atoms with E-state index >= 15 is 0 Å². The standard InChI is InChI=1S/C26H38N4O4S/c1-6-9-10-11-15-33-20-13-12-19(17-21(20)32-5)23-22(24(31)34-14-7-2)18(4)27-25-28-26(29-30(23)25)35-16-8-3/h12-13,17,23H,6-11,14-16H2,1-5H3,(H,27,28,29). The Labute approximate surface area is 212 Å². The number of thioether (sulfide) groups is 1. The molecule has 1 unspecified atom stereocenters. The topological polar surface area (TPSA) is 87.5 Å². The molecule has 0 spiro atoms. The molecule has 2 aromatic rings. The van der Waals surface area contributed by atoms with Gasteiger partial charge in [0.15, 0.2) is 11.5 Å². The summed E-state index contributed by atoms with van der Waals surface area (Å²) in [6, 6.07) is 5.29. The molecule has 2 heterocycles. The predicted molar refractivity (Wildman–Crippen MR) is 139 cm³/mol. The van der Waals surface area contributed by atoms with Gasteiger partial charge in [-0.2, -0.15) is 4.98 Å². The summed E-state index contributed by atoms with van der Waals surface area (Å²) in [5, 5.41) is 8.66. The molecule has 0 aliphatic carbocycles. The van der Waals surface area contributed by atoms with Crippen LogP contribution in [0.4, 0.5) is 5.95 Å².